The van der Waals surface area contributed by atoms with E-state index in [-0.39, 0.29) is 5.91 Å². The lowest BCUT2D eigenvalue weighted by molar-refractivity contribution is 0.102. The molecule has 26 heavy (non-hydrogen) atoms. The van der Waals surface area contributed by atoms with Crippen molar-refractivity contribution in [2.45, 2.75) is 18.9 Å². The smallest absolute Gasteiger partial charge is 0.258 e. The van der Waals surface area contributed by atoms with Crippen molar-refractivity contribution in [2.75, 3.05) is 37.4 Å². The number of hydrogen-bond acceptors (Lipinski definition) is 3. The van der Waals surface area contributed by atoms with Gasteiger partial charge in [-0.1, -0.05) is 35.3 Å². The Hall–Kier alpha value is -1.75. The Morgan fingerprint density at radius 1 is 1.12 bits per heavy atom. The molecule has 2 aromatic carbocycles. The average Bonchev–Trinajstić information content (AvgIpc) is 2.62. The van der Waals surface area contributed by atoms with Crippen molar-refractivity contribution in [3.63, 3.8) is 0 Å². The van der Waals surface area contributed by atoms with Gasteiger partial charge in [0.15, 0.2) is 0 Å². The molecule has 0 aliphatic carbocycles. The third-order valence-electron chi connectivity index (χ3n) is 4.94. The van der Waals surface area contributed by atoms with Crippen molar-refractivity contribution in [3.8, 4) is 0 Å². The summed E-state index contributed by atoms with van der Waals surface area (Å²) in [6, 6.07) is 13.4. The fourth-order valence-electron chi connectivity index (χ4n) is 3.30. The number of carbonyl (C=O) groups is 1. The molecular weight excluding hydrogens is 369 g/mol. The van der Waals surface area contributed by atoms with Crippen LogP contribution in [0.1, 0.15) is 23.2 Å². The summed E-state index contributed by atoms with van der Waals surface area (Å²) in [4.78, 5) is 17.2. The highest BCUT2D eigenvalue weighted by Crippen LogP contribution is 2.27. The van der Waals surface area contributed by atoms with Crippen molar-refractivity contribution in [1.29, 1.82) is 0 Å². The number of likely N-dealkylation sites (tertiary alicyclic amines) is 1. The van der Waals surface area contributed by atoms with E-state index in [0.717, 1.165) is 37.3 Å². The first kappa shape index (κ1) is 19.0. The molecule has 6 heteroatoms. The summed E-state index contributed by atoms with van der Waals surface area (Å²) in [5.74, 6) is -0.306. The van der Waals surface area contributed by atoms with Crippen molar-refractivity contribution in [2.24, 2.45) is 0 Å². The lowest BCUT2D eigenvalue weighted by atomic mass is 10.0. The second kappa shape index (κ2) is 8.30. The molecule has 0 atom stereocenters. The van der Waals surface area contributed by atoms with E-state index in [9.17, 15) is 4.79 Å². The molecular formula is C20H23Cl2N3O. The molecule has 1 amide bonds. The highest BCUT2D eigenvalue weighted by molar-refractivity contribution is 6.40. The summed E-state index contributed by atoms with van der Waals surface area (Å²) in [6.45, 7) is 2.22. The maximum absolute atomic E-state index is 12.6. The molecule has 4 nitrogen and oxygen atoms in total. The zero-order valence-electron chi connectivity index (χ0n) is 15.0. The highest BCUT2D eigenvalue weighted by Gasteiger charge is 2.21. The average molecular weight is 392 g/mol. The van der Waals surface area contributed by atoms with Crippen LogP contribution in [0.15, 0.2) is 42.5 Å². The SMILES string of the molecule is CN1CCC(N(C)c2cccc(NC(=O)c3c(Cl)cccc3Cl)c2)CC1. The van der Waals surface area contributed by atoms with Crippen molar-refractivity contribution in [3.05, 3.63) is 58.1 Å². The summed E-state index contributed by atoms with van der Waals surface area (Å²) in [5.41, 5.74) is 2.11. The molecule has 1 fully saturated rings. The van der Waals surface area contributed by atoms with Crippen molar-refractivity contribution in [1.82, 2.24) is 4.90 Å². The van der Waals surface area contributed by atoms with E-state index < -0.39 is 0 Å². The molecule has 0 bridgehead atoms. The number of halogens is 2. The number of nitrogens with zero attached hydrogens (tertiary/aromatic N) is 2. The predicted molar refractivity (Wildman–Crippen MR) is 110 cm³/mol. The number of hydrogen-bond donors (Lipinski definition) is 1. The van der Waals surface area contributed by atoms with Crippen molar-refractivity contribution < 1.29 is 4.79 Å². The maximum atomic E-state index is 12.6. The van der Waals surface area contributed by atoms with Gasteiger partial charge in [0.1, 0.15) is 0 Å². The van der Waals surface area contributed by atoms with Crippen LogP contribution in [0.2, 0.25) is 10.0 Å². The number of piperidine rings is 1. The third kappa shape index (κ3) is 4.32. The number of rotatable bonds is 4. The largest absolute Gasteiger partial charge is 0.371 e. The number of benzene rings is 2. The molecule has 0 aromatic heterocycles. The van der Waals surface area contributed by atoms with Crippen LogP contribution in [0.5, 0.6) is 0 Å². The molecule has 3 rings (SSSR count). The van der Waals surface area contributed by atoms with Crippen molar-refractivity contribution >= 4 is 40.5 Å². The fraction of sp³-hybridized carbons (Fsp3) is 0.350. The summed E-state index contributed by atoms with van der Waals surface area (Å²) >= 11 is 12.3. The fourth-order valence-corrected chi connectivity index (χ4v) is 3.87. The number of anilines is 2. The van der Waals surface area contributed by atoms with Crippen LogP contribution >= 0.6 is 23.2 Å². The van der Waals surface area contributed by atoms with Crippen LogP contribution in [0, 0.1) is 0 Å². The quantitative estimate of drug-likeness (QED) is 0.814. The second-order valence-electron chi connectivity index (χ2n) is 6.75. The number of carbonyl (C=O) groups excluding carboxylic acids is 1. The van der Waals surface area contributed by atoms with Gasteiger partial charge in [-0.3, -0.25) is 4.79 Å². The second-order valence-corrected chi connectivity index (χ2v) is 7.56. The Labute approximate surface area is 164 Å². The minimum atomic E-state index is -0.306. The Morgan fingerprint density at radius 2 is 1.73 bits per heavy atom. The summed E-state index contributed by atoms with van der Waals surface area (Å²) < 4.78 is 0. The topological polar surface area (TPSA) is 35.6 Å². The molecule has 1 N–H and O–H groups in total. The Kier molecular flexibility index (Phi) is 6.07. The molecule has 0 unspecified atom stereocenters. The molecule has 1 heterocycles. The van der Waals surface area contributed by atoms with Gasteiger partial charge in [-0.15, -0.1) is 0 Å². The van der Waals surface area contributed by atoms with Gasteiger partial charge in [0.05, 0.1) is 15.6 Å². The molecule has 0 spiro atoms. The summed E-state index contributed by atoms with van der Waals surface area (Å²) in [6.07, 6.45) is 2.28. The molecule has 1 aliphatic heterocycles. The zero-order valence-corrected chi connectivity index (χ0v) is 16.5. The maximum Gasteiger partial charge on any atom is 0.258 e. The van der Waals surface area contributed by atoms with Gasteiger partial charge in [0.25, 0.3) is 5.91 Å². The summed E-state index contributed by atoms with van der Waals surface area (Å²) in [5, 5.41) is 3.59. The first-order valence-electron chi connectivity index (χ1n) is 8.72. The standard InChI is InChI=1S/C20H23Cl2N3O/c1-24-11-9-15(10-12-24)25(2)16-6-3-5-14(13-16)23-20(26)19-17(21)7-4-8-18(19)22/h3-8,13,15H,9-12H2,1-2H3,(H,23,26). The lowest BCUT2D eigenvalue weighted by Crippen LogP contribution is -2.42. The Morgan fingerprint density at radius 3 is 2.38 bits per heavy atom. The van der Waals surface area contributed by atoms with Gasteiger partial charge < -0.3 is 15.1 Å². The first-order chi connectivity index (χ1) is 12.5. The summed E-state index contributed by atoms with van der Waals surface area (Å²) in [7, 11) is 4.27. The predicted octanol–water partition coefficient (Wildman–Crippen LogP) is 4.78. The highest BCUT2D eigenvalue weighted by atomic mass is 35.5. The van der Waals surface area contributed by atoms with Crippen LogP contribution in [-0.4, -0.2) is 44.0 Å². The van der Waals surface area contributed by atoms with Gasteiger partial charge in [-0.05, 0) is 63.3 Å². The van der Waals surface area contributed by atoms with E-state index in [1.165, 1.54) is 0 Å². The number of amides is 1. The minimum absolute atomic E-state index is 0.296. The minimum Gasteiger partial charge on any atom is -0.371 e. The van der Waals surface area contributed by atoms with Crippen LogP contribution in [-0.2, 0) is 0 Å². The lowest BCUT2D eigenvalue weighted by Gasteiger charge is -2.36. The molecule has 1 saturated heterocycles. The Balaban J connectivity index is 1.74. The Bertz CT molecular complexity index is 768. The zero-order chi connectivity index (χ0) is 18.7. The molecule has 0 radical (unpaired) electrons. The van der Waals surface area contributed by atoms with E-state index in [2.05, 4.69) is 35.3 Å². The van der Waals surface area contributed by atoms with E-state index in [0.29, 0.717) is 21.7 Å². The van der Waals surface area contributed by atoms with E-state index >= 15 is 0 Å². The van der Waals surface area contributed by atoms with E-state index in [1.54, 1.807) is 18.2 Å². The van der Waals surface area contributed by atoms with E-state index in [4.69, 9.17) is 23.2 Å². The van der Waals surface area contributed by atoms with Gasteiger partial charge in [-0.2, -0.15) is 0 Å². The van der Waals surface area contributed by atoms with Gasteiger partial charge >= 0.3 is 0 Å². The van der Waals surface area contributed by atoms with E-state index in [1.807, 2.05) is 18.2 Å². The molecule has 0 saturated carbocycles. The monoisotopic (exact) mass is 391 g/mol. The first-order valence-corrected chi connectivity index (χ1v) is 9.48. The van der Waals surface area contributed by atoms with Gasteiger partial charge in [0, 0.05) is 24.5 Å². The van der Waals surface area contributed by atoms with Crippen LogP contribution < -0.4 is 10.2 Å². The third-order valence-corrected chi connectivity index (χ3v) is 5.57. The van der Waals surface area contributed by atoms with Crippen LogP contribution in [0.3, 0.4) is 0 Å². The number of nitrogens with one attached hydrogen (secondary N) is 1. The normalized spacial score (nSPS) is 15.7. The molecule has 1 aliphatic rings. The van der Waals surface area contributed by atoms with Gasteiger partial charge in [-0.25, -0.2) is 0 Å². The molecule has 138 valence electrons. The van der Waals surface area contributed by atoms with Crippen LogP contribution in [0.4, 0.5) is 11.4 Å². The van der Waals surface area contributed by atoms with Gasteiger partial charge in [0.2, 0.25) is 0 Å². The molecule has 2 aromatic rings. The van der Waals surface area contributed by atoms with Crippen LogP contribution in [0.25, 0.3) is 0 Å².